The fourth-order valence-corrected chi connectivity index (χ4v) is 4.11. The van der Waals surface area contributed by atoms with Gasteiger partial charge in [-0.15, -0.1) is 0 Å². The third-order valence-corrected chi connectivity index (χ3v) is 6.25. The highest BCUT2D eigenvalue weighted by Gasteiger charge is 2.28. The molecule has 9 heteroatoms. The van der Waals surface area contributed by atoms with Crippen LogP contribution in [0.4, 0.5) is 4.39 Å². The number of nitrogens with one attached hydrogen (secondary N) is 2. The maximum absolute atomic E-state index is 12.9. The molecule has 1 saturated carbocycles. The molecule has 1 fully saturated rings. The highest BCUT2D eigenvalue weighted by atomic mass is 32.2. The lowest BCUT2D eigenvalue weighted by molar-refractivity contribution is -0.121. The van der Waals surface area contributed by atoms with Crippen LogP contribution < -0.4 is 10.0 Å². The number of hydrogen-bond acceptors (Lipinski definition) is 4. The predicted molar refractivity (Wildman–Crippen MR) is 110 cm³/mol. The van der Waals surface area contributed by atoms with E-state index in [9.17, 15) is 22.4 Å². The van der Waals surface area contributed by atoms with Gasteiger partial charge in [-0.1, -0.05) is 12.1 Å². The van der Waals surface area contributed by atoms with Gasteiger partial charge in [-0.25, -0.2) is 17.5 Å². The molecule has 0 spiro atoms. The van der Waals surface area contributed by atoms with Crippen LogP contribution in [0.1, 0.15) is 35.7 Å². The molecule has 2 amide bonds. The highest BCUT2D eigenvalue weighted by Crippen LogP contribution is 2.22. The van der Waals surface area contributed by atoms with Gasteiger partial charge in [-0.3, -0.25) is 9.59 Å². The van der Waals surface area contributed by atoms with Crippen molar-refractivity contribution in [1.29, 1.82) is 0 Å². The third kappa shape index (κ3) is 5.87. The van der Waals surface area contributed by atoms with Gasteiger partial charge in [0.2, 0.25) is 15.9 Å². The minimum atomic E-state index is -3.58. The van der Waals surface area contributed by atoms with E-state index in [2.05, 4.69) is 10.0 Å². The van der Waals surface area contributed by atoms with Crippen LogP contribution in [-0.2, 0) is 21.4 Å². The Bertz CT molecular complexity index is 1000. The van der Waals surface area contributed by atoms with Crippen LogP contribution in [0.2, 0.25) is 0 Å². The molecule has 0 unspecified atom stereocenters. The molecule has 30 heavy (non-hydrogen) atoms. The summed E-state index contributed by atoms with van der Waals surface area (Å²) in [7, 11) is -3.58. The lowest BCUT2D eigenvalue weighted by Crippen LogP contribution is -2.40. The van der Waals surface area contributed by atoms with Gasteiger partial charge in [0.15, 0.2) is 0 Å². The monoisotopic (exact) mass is 433 g/mol. The summed E-state index contributed by atoms with van der Waals surface area (Å²) in [4.78, 5) is 26.4. The second-order valence-electron chi connectivity index (χ2n) is 7.14. The average Bonchev–Trinajstić information content (AvgIpc) is 3.54. The van der Waals surface area contributed by atoms with Crippen molar-refractivity contribution >= 4 is 21.8 Å². The first kappa shape index (κ1) is 21.9. The van der Waals surface area contributed by atoms with Gasteiger partial charge in [-0.05, 0) is 61.7 Å². The second-order valence-corrected chi connectivity index (χ2v) is 8.86. The van der Waals surface area contributed by atoms with E-state index in [1.807, 2.05) is 0 Å². The maximum Gasteiger partial charge on any atom is 0.254 e. The normalized spacial score (nSPS) is 13.7. The maximum atomic E-state index is 12.9. The quantitative estimate of drug-likeness (QED) is 0.633. The van der Waals surface area contributed by atoms with Crippen molar-refractivity contribution in [2.24, 2.45) is 0 Å². The topological polar surface area (TPSA) is 95.6 Å². The van der Waals surface area contributed by atoms with Crippen LogP contribution in [0.5, 0.6) is 0 Å². The third-order valence-electron chi connectivity index (χ3n) is 4.72. The van der Waals surface area contributed by atoms with Gasteiger partial charge < -0.3 is 10.2 Å². The number of nitrogens with zero attached hydrogens (tertiary/aromatic N) is 1. The standard InChI is InChI=1S/C21H24FN3O4S/c1-2-25(14-20(26)23-13-15-3-7-17(22)8-4-15)21(27)16-5-11-19(12-6-16)30(28,29)24-18-9-10-18/h3-8,11-12,18,24H,2,9-10,13-14H2,1H3,(H,23,26). The molecule has 0 bridgehead atoms. The van der Waals surface area contributed by atoms with Crippen molar-refractivity contribution in [3.05, 3.63) is 65.5 Å². The molecular formula is C21H24FN3O4S. The Hall–Kier alpha value is -2.78. The highest BCUT2D eigenvalue weighted by molar-refractivity contribution is 7.89. The Morgan fingerprint density at radius 1 is 1.07 bits per heavy atom. The van der Waals surface area contributed by atoms with E-state index in [4.69, 9.17) is 0 Å². The van der Waals surface area contributed by atoms with Gasteiger partial charge >= 0.3 is 0 Å². The molecule has 0 radical (unpaired) electrons. The van der Waals surface area contributed by atoms with Crippen molar-refractivity contribution < 1.29 is 22.4 Å². The summed E-state index contributed by atoms with van der Waals surface area (Å²) < 4.78 is 40.0. The predicted octanol–water partition coefficient (Wildman–Crippen LogP) is 2.04. The molecule has 2 aromatic carbocycles. The van der Waals surface area contributed by atoms with Gasteiger partial charge in [0.05, 0.1) is 11.4 Å². The molecule has 0 heterocycles. The summed E-state index contributed by atoms with van der Waals surface area (Å²) in [5.41, 5.74) is 1.05. The first-order valence-corrected chi connectivity index (χ1v) is 11.2. The van der Waals surface area contributed by atoms with Crippen molar-refractivity contribution in [3.8, 4) is 0 Å². The smallest absolute Gasteiger partial charge is 0.254 e. The lowest BCUT2D eigenvalue weighted by atomic mass is 10.2. The zero-order valence-corrected chi connectivity index (χ0v) is 17.4. The molecule has 0 aliphatic heterocycles. The van der Waals surface area contributed by atoms with E-state index in [0.717, 1.165) is 18.4 Å². The molecule has 2 aromatic rings. The van der Waals surface area contributed by atoms with Crippen LogP contribution in [0.3, 0.4) is 0 Å². The number of halogens is 1. The molecule has 160 valence electrons. The molecule has 0 atom stereocenters. The summed E-state index contributed by atoms with van der Waals surface area (Å²) >= 11 is 0. The molecule has 2 N–H and O–H groups in total. The van der Waals surface area contributed by atoms with Crippen LogP contribution >= 0.6 is 0 Å². The van der Waals surface area contributed by atoms with Crippen LogP contribution in [0, 0.1) is 5.82 Å². The number of likely N-dealkylation sites (N-methyl/N-ethyl adjacent to an activating group) is 1. The largest absolute Gasteiger partial charge is 0.350 e. The van der Waals surface area contributed by atoms with E-state index in [1.165, 1.54) is 41.3 Å². The average molecular weight is 434 g/mol. The number of hydrogen-bond donors (Lipinski definition) is 2. The number of sulfonamides is 1. The Balaban J connectivity index is 1.58. The van der Waals surface area contributed by atoms with Crippen molar-refractivity contribution in [1.82, 2.24) is 14.9 Å². The fourth-order valence-electron chi connectivity index (χ4n) is 2.81. The number of rotatable bonds is 9. The minimum absolute atomic E-state index is 0.000290. The van der Waals surface area contributed by atoms with Crippen LogP contribution in [-0.4, -0.2) is 44.3 Å². The summed E-state index contributed by atoms with van der Waals surface area (Å²) in [6.07, 6.45) is 1.68. The van der Waals surface area contributed by atoms with Crippen molar-refractivity contribution in [2.45, 2.75) is 37.2 Å². The van der Waals surface area contributed by atoms with E-state index >= 15 is 0 Å². The minimum Gasteiger partial charge on any atom is -0.350 e. The number of benzene rings is 2. The number of amides is 2. The first-order valence-electron chi connectivity index (χ1n) is 9.71. The Morgan fingerprint density at radius 2 is 1.70 bits per heavy atom. The zero-order valence-electron chi connectivity index (χ0n) is 16.6. The Labute approximate surface area is 175 Å². The van der Waals surface area contributed by atoms with E-state index in [1.54, 1.807) is 19.1 Å². The molecular weight excluding hydrogens is 409 g/mol. The van der Waals surface area contributed by atoms with Crippen LogP contribution in [0.25, 0.3) is 0 Å². The van der Waals surface area contributed by atoms with Gasteiger partial charge in [-0.2, -0.15) is 0 Å². The fraction of sp³-hybridized carbons (Fsp3) is 0.333. The first-order chi connectivity index (χ1) is 14.3. The molecule has 0 saturated heterocycles. The number of carbonyl (C=O) groups excluding carboxylic acids is 2. The van der Waals surface area contributed by atoms with Gasteiger partial charge in [0.1, 0.15) is 5.82 Å². The number of carbonyl (C=O) groups is 2. The SMILES string of the molecule is CCN(CC(=O)NCc1ccc(F)cc1)C(=O)c1ccc(S(=O)(=O)NC2CC2)cc1. The Kier molecular flexibility index (Phi) is 6.84. The van der Waals surface area contributed by atoms with Crippen molar-refractivity contribution in [2.75, 3.05) is 13.1 Å². The lowest BCUT2D eigenvalue weighted by Gasteiger charge is -2.20. The van der Waals surface area contributed by atoms with E-state index in [-0.39, 0.29) is 41.7 Å². The second kappa shape index (κ2) is 9.36. The van der Waals surface area contributed by atoms with E-state index < -0.39 is 10.0 Å². The summed E-state index contributed by atoms with van der Waals surface area (Å²) in [6.45, 7) is 2.15. The molecule has 3 rings (SSSR count). The summed E-state index contributed by atoms with van der Waals surface area (Å²) in [6, 6.07) is 11.5. The van der Waals surface area contributed by atoms with Crippen molar-refractivity contribution in [3.63, 3.8) is 0 Å². The van der Waals surface area contributed by atoms with E-state index in [0.29, 0.717) is 12.1 Å². The van der Waals surface area contributed by atoms with Gasteiger partial charge in [0, 0.05) is 24.7 Å². The zero-order chi connectivity index (χ0) is 21.7. The van der Waals surface area contributed by atoms with Gasteiger partial charge in [0.25, 0.3) is 5.91 Å². The molecule has 0 aromatic heterocycles. The molecule has 1 aliphatic carbocycles. The molecule has 1 aliphatic rings. The summed E-state index contributed by atoms with van der Waals surface area (Å²) in [5, 5.41) is 2.70. The van der Waals surface area contributed by atoms with Crippen LogP contribution in [0.15, 0.2) is 53.4 Å². The summed E-state index contributed by atoms with van der Waals surface area (Å²) in [5.74, 6) is -1.06. The molecule has 7 nitrogen and oxygen atoms in total. The Morgan fingerprint density at radius 3 is 2.27 bits per heavy atom.